The highest BCUT2D eigenvalue weighted by atomic mass is 16.5. The molecule has 1 aromatic carbocycles. The number of aliphatic hydroxyl groups excluding tert-OH is 1. The molecule has 24 heavy (non-hydrogen) atoms. The van der Waals surface area contributed by atoms with Gasteiger partial charge in [0.1, 0.15) is 5.75 Å². The third kappa shape index (κ3) is 4.35. The Morgan fingerprint density at radius 1 is 1.42 bits per heavy atom. The summed E-state index contributed by atoms with van der Waals surface area (Å²) in [4.78, 5) is 12.0. The van der Waals surface area contributed by atoms with Crippen LogP contribution in [0.4, 0.5) is 0 Å². The van der Waals surface area contributed by atoms with Crippen LogP contribution in [0.3, 0.4) is 0 Å². The molecule has 2 aromatic rings. The molecule has 1 amide bonds. The number of aliphatic hydroxyl groups is 1. The molecule has 6 heteroatoms. The Kier molecular flexibility index (Phi) is 5.98. The predicted octanol–water partition coefficient (Wildman–Crippen LogP) is 1.83. The Balaban J connectivity index is 1.84. The van der Waals surface area contributed by atoms with Gasteiger partial charge in [0.15, 0.2) is 0 Å². The van der Waals surface area contributed by atoms with Gasteiger partial charge in [-0.2, -0.15) is 5.10 Å². The summed E-state index contributed by atoms with van der Waals surface area (Å²) in [7, 11) is 3.48. The summed E-state index contributed by atoms with van der Waals surface area (Å²) >= 11 is 0. The molecule has 0 saturated carbocycles. The Bertz CT molecular complexity index is 710. The largest absolute Gasteiger partial charge is 0.497 e. The van der Waals surface area contributed by atoms with Crippen LogP contribution in [-0.4, -0.2) is 34.4 Å². The molecule has 1 aromatic heterocycles. The van der Waals surface area contributed by atoms with Crippen molar-refractivity contribution in [3.05, 3.63) is 46.8 Å². The number of amides is 1. The molecule has 0 aliphatic heterocycles. The number of hydrogen-bond donors (Lipinski definition) is 2. The normalized spacial score (nSPS) is 12.0. The second-order valence-electron chi connectivity index (χ2n) is 5.87. The van der Waals surface area contributed by atoms with E-state index in [0.29, 0.717) is 24.2 Å². The van der Waals surface area contributed by atoms with Gasteiger partial charge in [-0.25, -0.2) is 0 Å². The smallest absolute Gasteiger partial charge is 0.220 e. The van der Waals surface area contributed by atoms with Crippen LogP contribution in [0.5, 0.6) is 5.75 Å². The van der Waals surface area contributed by atoms with Gasteiger partial charge >= 0.3 is 0 Å². The molecule has 0 spiro atoms. The maximum absolute atomic E-state index is 12.0. The van der Waals surface area contributed by atoms with E-state index in [9.17, 15) is 9.90 Å². The number of benzene rings is 1. The number of hydrogen-bond acceptors (Lipinski definition) is 4. The van der Waals surface area contributed by atoms with E-state index >= 15 is 0 Å². The van der Waals surface area contributed by atoms with Crippen molar-refractivity contribution in [3.8, 4) is 5.75 Å². The van der Waals surface area contributed by atoms with Gasteiger partial charge < -0.3 is 15.2 Å². The Morgan fingerprint density at radius 2 is 2.17 bits per heavy atom. The molecule has 0 aliphatic rings. The molecule has 2 rings (SSSR count). The first kappa shape index (κ1) is 18.0. The van der Waals surface area contributed by atoms with E-state index in [1.54, 1.807) is 13.2 Å². The van der Waals surface area contributed by atoms with Gasteiger partial charge in [0.05, 0.1) is 18.9 Å². The van der Waals surface area contributed by atoms with Crippen molar-refractivity contribution in [2.75, 3.05) is 13.7 Å². The second kappa shape index (κ2) is 7.97. The molecule has 0 radical (unpaired) electrons. The van der Waals surface area contributed by atoms with Gasteiger partial charge in [-0.1, -0.05) is 12.1 Å². The van der Waals surface area contributed by atoms with Crippen LogP contribution in [0, 0.1) is 13.8 Å². The Morgan fingerprint density at radius 3 is 2.79 bits per heavy atom. The van der Waals surface area contributed by atoms with Crippen LogP contribution >= 0.6 is 0 Å². The number of carbonyl (C=O) groups excluding carboxylic acids is 1. The third-order valence-electron chi connectivity index (χ3n) is 4.23. The Labute approximate surface area is 142 Å². The molecule has 1 unspecified atom stereocenters. The lowest BCUT2D eigenvalue weighted by molar-refractivity contribution is -0.121. The SMILES string of the molecule is COc1cccc(C(O)CNC(=O)CCc2c(C)nn(C)c2C)c1. The fourth-order valence-corrected chi connectivity index (χ4v) is 2.68. The van der Waals surface area contributed by atoms with Gasteiger partial charge in [-0.3, -0.25) is 9.48 Å². The summed E-state index contributed by atoms with van der Waals surface area (Å²) in [6.07, 6.45) is 0.260. The van der Waals surface area contributed by atoms with E-state index in [1.807, 2.05) is 43.8 Å². The summed E-state index contributed by atoms with van der Waals surface area (Å²) in [5.41, 5.74) is 3.87. The first-order valence-electron chi connectivity index (χ1n) is 8.00. The lowest BCUT2D eigenvalue weighted by Gasteiger charge is -2.13. The molecular formula is C18H25N3O3. The average Bonchev–Trinajstić information content (AvgIpc) is 2.83. The predicted molar refractivity (Wildman–Crippen MR) is 92.0 cm³/mol. The van der Waals surface area contributed by atoms with Crippen molar-refractivity contribution in [2.45, 2.75) is 32.8 Å². The van der Waals surface area contributed by atoms with Gasteiger partial charge in [0.25, 0.3) is 0 Å². The highest BCUT2D eigenvalue weighted by Gasteiger charge is 2.13. The molecule has 0 bridgehead atoms. The van der Waals surface area contributed by atoms with Crippen molar-refractivity contribution in [2.24, 2.45) is 7.05 Å². The number of ether oxygens (including phenoxy) is 1. The van der Waals surface area contributed by atoms with Crippen molar-refractivity contribution < 1.29 is 14.6 Å². The zero-order valence-electron chi connectivity index (χ0n) is 14.7. The Hall–Kier alpha value is -2.34. The number of aryl methyl sites for hydroxylation is 2. The molecular weight excluding hydrogens is 306 g/mol. The van der Waals surface area contributed by atoms with E-state index in [0.717, 1.165) is 17.0 Å². The van der Waals surface area contributed by atoms with Gasteiger partial charge in [-0.15, -0.1) is 0 Å². The number of methoxy groups -OCH3 is 1. The number of aromatic nitrogens is 2. The van der Waals surface area contributed by atoms with Crippen LogP contribution in [-0.2, 0) is 18.3 Å². The summed E-state index contributed by atoms with van der Waals surface area (Å²) in [6.45, 7) is 4.13. The van der Waals surface area contributed by atoms with E-state index in [4.69, 9.17) is 4.74 Å². The molecule has 1 atom stereocenters. The lowest BCUT2D eigenvalue weighted by Crippen LogP contribution is -2.28. The van der Waals surface area contributed by atoms with E-state index in [-0.39, 0.29) is 12.5 Å². The topological polar surface area (TPSA) is 76.4 Å². The molecule has 0 fully saturated rings. The highest BCUT2D eigenvalue weighted by molar-refractivity contribution is 5.76. The van der Waals surface area contributed by atoms with E-state index < -0.39 is 6.10 Å². The summed E-state index contributed by atoms with van der Waals surface area (Å²) in [5, 5.41) is 17.3. The highest BCUT2D eigenvalue weighted by Crippen LogP contribution is 2.18. The second-order valence-corrected chi connectivity index (χ2v) is 5.87. The molecule has 130 valence electrons. The lowest BCUT2D eigenvalue weighted by atomic mass is 10.1. The van der Waals surface area contributed by atoms with Crippen molar-refractivity contribution >= 4 is 5.91 Å². The molecule has 2 N–H and O–H groups in total. The summed E-state index contributed by atoms with van der Waals surface area (Å²) in [6, 6.07) is 7.20. The summed E-state index contributed by atoms with van der Waals surface area (Å²) < 4.78 is 6.96. The van der Waals surface area contributed by atoms with Crippen molar-refractivity contribution in [3.63, 3.8) is 0 Å². The van der Waals surface area contributed by atoms with Crippen LogP contribution in [0.15, 0.2) is 24.3 Å². The molecule has 6 nitrogen and oxygen atoms in total. The summed E-state index contributed by atoms with van der Waals surface area (Å²) in [5.74, 6) is 0.597. The van der Waals surface area contributed by atoms with Gasteiger partial charge in [0.2, 0.25) is 5.91 Å². The average molecular weight is 331 g/mol. The maximum atomic E-state index is 12.0. The monoisotopic (exact) mass is 331 g/mol. The minimum absolute atomic E-state index is 0.0837. The van der Waals surface area contributed by atoms with Crippen LogP contribution < -0.4 is 10.1 Å². The van der Waals surface area contributed by atoms with E-state index in [2.05, 4.69) is 10.4 Å². The van der Waals surface area contributed by atoms with E-state index in [1.165, 1.54) is 0 Å². The fraction of sp³-hybridized carbons (Fsp3) is 0.444. The minimum Gasteiger partial charge on any atom is -0.497 e. The van der Waals surface area contributed by atoms with Crippen LogP contribution in [0.25, 0.3) is 0 Å². The number of nitrogens with zero attached hydrogens (tertiary/aromatic N) is 2. The number of rotatable bonds is 7. The number of nitrogens with one attached hydrogen (secondary N) is 1. The van der Waals surface area contributed by atoms with Crippen molar-refractivity contribution in [1.29, 1.82) is 0 Å². The quantitative estimate of drug-likeness (QED) is 0.811. The first-order valence-corrected chi connectivity index (χ1v) is 8.00. The molecule has 0 aliphatic carbocycles. The van der Waals surface area contributed by atoms with Crippen LogP contribution in [0.2, 0.25) is 0 Å². The zero-order valence-corrected chi connectivity index (χ0v) is 14.7. The first-order chi connectivity index (χ1) is 11.4. The zero-order chi connectivity index (χ0) is 17.7. The van der Waals surface area contributed by atoms with Crippen LogP contribution in [0.1, 0.15) is 35.0 Å². The van der Waals surface area contributed by atoms with Gasteiger partial charge in [0, 0.05) is 25.7 Å². The minimum atomic E-state index is -0.758. The number of carbonyl (C=O) groups is 1. The van der Waals surface area contributed by atoms with Crippen molar-refractivity contribution in [1.82, 2.24) is 15.1 Å². The standard InChI is InChI=1S/C18H25N3O3/c1-12-16(13(2)21(3)20-12)8-9-18(23)19-11-17(22)14-6-5-7-15(10-14)24-4/h5-7,10,17,22H,8-9,11H2,1-4H3,(H,19,23). The molecule has 1 heterocycles. The van der Waals surface area contributed by atoms with Gasteiger partial charge in [-0.05, 0) is 43.5 Å². The molecule has 0 saturated heterocycles. The fourth-order valence-electron chi connectivity index (χ4n) is 2.68. The maximum Gasteiger partial charge on any atom is 0.220 e. The third-order valence-corrected chi connectivity index (χ3v) is 4.23.